The lowest BCUT2D eigenvalue weighted by Crippen LogP contribution is -1.90. The van der Waals surface area contributed by atoms with Crippen molar-refractivity contribution in [1.82, 2.24) is 4.98 Å². The molecule has 0 spiro atoms. The standard InChI is InChI=1S/C18H11Br2N3S/c19-14-4-6-16(7-5-14)22-10-13(9-21)18-23-17(11-24-18)12-2-1-3-15(20)8-12/h1-8,10-11,22H. The molecule has 0 amide bonds. The summed E-state index contributed by atoms with van der Waals surface area (Å²) in [4.78, 5) is 4.58. The molecule has 0 aliphatic rings. The number of nitrogens with zero attached hydrogens (tertiary/aromatic N) is 2. The Morgan fingerprint density at radius 2 is 1.92 bits per heavy atom. The molecule has 0 saturated carbocycles. The normalized spacial score (nSPS) is 11.1. The van der Waals surface area contributed by atoms with Crippen LogP contribution in [0.5, 0.6) is 0 Å². The quantitative estimate of drug-likeness (QED) is 0.464. The van der Waals surface area contributed by atoms with Crippen molar-refractivity contribution >= 4 is 54.5 Å². The predicted octanol–water partition coefficient (Wildman–Crippen LogP) is 6.31. The van der Waals surface area contributed by atoms with E-state index < -0.39 is 0 Å². The average Bonchev–Trinajstić information content (AvgIpc) is 3.07. The van der Waals surface area contributed by atoms with Gasteiger partial charge in [-0.3, -0.25) is 0 Å². The third kappa shape index (κ3) is 4.12. The lowest BCUT2D eigenvalue weighted by Gasteiger charge is -2.01. The predicted molar refractivity (Wildman–Crippen MR) is 107 cm³/mol. The number of hydrogen-bond donors (Lipinski definition) is 1. The molecule has 0 aliphatic carbocycles. The lowest BCUT2D eigenvalue weighted by atomic mass is 10.2. The van der Waals surface area contributed by atoms with Crippen LogP contribution in [0.3, 0.4) is 0 Å². The van der Waals surface area contributed by atoms with Crippen molar-refractivity contribution in [3.05, 3.63) is 74.1 Å². The van der Waals surface area contributed by atoms with E-state index >= 15 is 0 Å². The van der Waals surface area contributed by atoms with E-state index in [2.05, 4.69) is 48.2 Å². The molecule has 0 saturated heterocycles. The SMILES string of the molecule is N#CC(=CNc1ccc(Br)cc1)c1nc(-c2cccc(Br)c2)cs1. The zero-order valence-corrected chi connectivity index (χ0v) is 16.3. The number of nitrogens with one attached hydrogen (secondary N) is 1. The summed E-state index contributed by atoms with van der Waals surface area (Å²) in [5.41, 5.74) is 3.30. The van der Waals surface area contributed by atoms with Gasteiger partial charge in [-0.1, -0.05) is 44.0 Å². The second-order valence-corrected chi connectivity index (χ2v) is 7.56. The first-order valence-electron chi connectivity index (χ1n) is 7.00. The number of hydrogen-bond acceptors (Lipinski definition) is 4. The van der Waals surface area contributed by atoms with Crippen molar-refractivity contribution in [2.45, 2.75) is 0 Å². The second-order valence-electron chi connectivity index (χ2n) is 4.87. The summed E-state index contributed by atoms with van der Waals surface area (Å²) in [7, 11) is 0. The highest BCUT2D eigenvalue weighted by Crippen LogP contribution is 2.27. The molecular weight excluding hydrogens is 450 g/mol. The molecule has 2 aromatic carbocycles. The number of halogens is 2. The number of allylic oxidation sites excluding steroid dienone is 1. The van der Waals surface area contributed by atoms with Crippen LogP contribution >= 0.6 is 43.2 Å². The molecule has 1 aromatic heterocycles. The minimum absolute atomic E-state index is 0.504. The fourth-order valence-electron chi connectivity index (χ4n) is 2.02. The lowest BCUT2D eigenvalue weighted by molar-refractivity contribution is 1.36. The number of aromatic nitrogens is 1. The third-order valence-corrected chi connectivity index (χ3v) is 5.10. The molecule has 3 nitrogen and oxygen atoms in total. The summed E-state index contributed by atoms with van der Waals surface area (Å²) in [5, 5.41) is 15.2. The monoisotopic (exact) mass is 459 g/mol. The van der Waals surface area contributed by atoms with Crippen molar-refractivity contribution in [2.24, 2.45) is 0 Å². The second kappa shape index (κ2) is 7.75. The molecule has 0 bridgehead atoms. The molecule has 1 heterocycles. The molecule has 24 heavy (non-hydrogen) atoms. The van der Waals surface area contributed by atoms with E-state index in [9.17, 15) is 5.26 Å². The Kier molecular flexibility index (Phi) is 5.46. The van der Waals surface area contributed by atoms with Gasteiger partial charge in [-0.05, 0) is 36.4 Å². The fourth-order valence-corrected chi connectivity index (χ4v) is 3.48. The maximum Gasteiger partial charge on any atom is 0.136 e. The van der Waals surface area contributed by atoms with Crippen LogP contribution in [0.1, 0.15) is 5.01 Å². The maximum absolute atomic E-state index is 9.42. The highest BCUT2D eigenvalue weighted by Gasteiger charge is 2.09. The molecule has 0 unspecified atom stereocenters. The molecule has 0 fully saturated rings. The van der Waals surface area contributed by atoms with E-state index in [-0.39, 0.29) is 0 Å². The van der Waals surface area contributed by atoms with E-state index in [4.69, 9.17) is 0 Å². The zero-order valence-electron chi connectivity index (χ0n) is 12.3. The highest BCUT2D eigenvalue weighted by atomic mass is 79.9. The van der Waals surface area contributed by atoms with E-state index in [1.54, 1.807) is 6.20 Å². The Morgan fingerprint density at radius 1 is 1.12 bits per heavy atom. The van der Waals surface area contributed by atoms with E-state index in [1.165, 1.54) is 11.3 Å². The van der Waals surface area contributed by atoms with Crippen molar-refractivity contribution < 1.29 is 0 Å². The number of rotatable bonds is 4. The molecular formula is C18H11Br2N3S. The summed E-state index contributed by atoms with van der Waals surface area (Å²) in [5.74, 6) is 0. The van der Waals surface area contributed by atoms with Gasteiger partial charge in [0.1, 0.15) is 16.6 Å². The van der Waals surface area contributed by atoms with Gasteiger partial charge < -0.3 is 5.32 Å². The Labute approximate surface area is 160 Å². The summed E-state index contributed by atoms with van der Waals surface area (Å²) >= 11 is 8.32. The molecule has 118 valence electrons. The van der Waals surface area contributed by atoms with Gasteiger partial charge in [-0.2, -0.15) is 5.26 Å². The number of nitriles is 1. The number of benzene rings is 2. The molecule has 0 radical (unpaired) electrons. The first-order valence-corrected chi connectivity index (χ1v) is 9.46. The number of anilines is 1. The van der Waals surface area contributed by atoms with E-state index in [0.29, 0.717) is 10.6 Å². The Morgan fingerprint density at radius 3 is 2.62 bits per heavy atom. The van der Waals surface area contributed by atoms with Crippen molar-refractivity contribution in [1.29, 1.82) is 5.26 Å². The van der Waals surface area contributed by atoms with Crippen molar-refractivity contribution in [3.63, 3.8) is 0 Å². The van der Waals surface area contributed by atoms with Gasteiger partial charge >= 0.3 is 0 Å². The van der Waals surface area contributed by atoms with Gasteiger partial charge in [0, 0.05) is 31.8 Å². The summed E-state index contributed by atoms with van der Waals surface area (Å²) in [6.07, 6.45) is 1.69. The summed E-state index contributed by atoms with van der Waals surface area (Å²) < 4.78 is 2.01. The van der Waals surface area contributed by atoms with E-state index in [0.717, 1.165) is 25.9 Å². The topological polar surface area (TPSA) is 48.7 Å². The first-order chi connectivity index (χ1) is 11.7. The van der Waals surface area contributed by atoms with Gasteiger partial charge in [-0.25, -0.2) is 4.98 Å². The van der Waals surface area contributed by atoms with Gasteiger partial charge in [0.25, 0.3) is 0 Å². The van der Waals surface area contributed by atoms with Crippen LogP contribution in [0.4, 0.5) is 5.69 Å². The number of thiazole rings is 1. The molecule has 3 aromatic rings. The van der Waals surface area contributed by atoms with E-state index in [1.807, 2.05) is 53.9 Å². The van der Waals surface area contributed by atoms with Crippen LogP contribution in [-0.2, 0) is 0 Å². The first kappa shape index (κ1) is 16.9. The summed E-state index contributed by atoms with van der Waals surface area (Å²) in [6.45, 7) is 0. The summed E-state index contributed by atoms with van der Waals surface area (Å²) in [6, 6.07) is 17.9. The van der Waals surface area contributed by atoms with Crippen LogP contribution in [0.25, 0.3) is 16.8 Å². The van der Waals surface area contributed by atoms with Crippen LogP contribution in [-0.4, -0.2) is 4.98 Å². The highest BCUT2D eigenvalue weighted by molar-refractivity contribution is 9.10. The van der Waals surface area contributed by atoms with Gasteiger partial charge in [0.15, 0.2) is 0 Å². The van der Waals surface area contributed by atoms with Crippen LogP contribution in [0.15, 0.2) is 69.1 Å². The van der Waals surface area contributed by atoms with Gasteiger partial charge in [0.05, 0.1) is 5.69 Å². The maximum atomic E-state index is 9.42. The molecule has 3 rings (SSSR count). The third-order valence-electron chi connectivity index (χ3n) is 3.20. The zero-order chi connectivity index (χ0) is 16.9. The minimum Gasteiger partial charge on any atom is -0.360 e. The Bertz CT molecular complexity index is 924. The molecule has 0 aliphatic heterocycles. The van der Waals surface area contributed by atoms with Crippen molar-refractivity contribution in [3.8, 4) is 17.3 Å². The average molecular weight is 461 g/mol. The fraction of sp³-hybridized carbons (Fsp3) is 0. The van der Waals surface area contributed by atoms with Crippen LogP contribution in [0.2, 0.25) is 0 Å². The Hall–Kier alpha value is -1.94. The molecule has 0 atom stereocenters. The van der Waals surface area contributed by atoms with Crippen LogP contribution in [0, 0.1) is 11.3 Å². The van der Waals surface area contributed by atoms with Crippen LogP contribution < -0.4 is 5.32 Å². The van der Waals surface area contributed by atoms with Gasteiger partial charge in [-0.15, -0.1) is 11.3 Å². The Balaban J connectivity index is 1.83. The molecule has 6 heteroatoms. The van der Waals surface area contributed by atoms with Crippen molar-refractivity contribution in [2.75, 3.05) is 5.32 Å². The smallest absolute Gasteiger partial charge is 0.136 e. The van der Waals surface area contributed by atoms with Gasteiger partial charge in [0.2, 0.25) is 0 Å². The minimum atomic E-state index is 0.504. The largest absolute Gasteiger partial charge is 0.360 e. The molecule has 1 N–H and O–H groups in total.